The first-order chi connectivity index (χ1) is 16.8. The number of benzene rings is 1. The minimum Gasteiger partial charge on any atom is -0.507 e. The second-order valence-corrected chi connectivity index (χ2v) is 10.2. The quantitative estimate of drug-likeness (QED) is 0.384. The number of aryl methyl sites for hydroxylation is 1. The SMILES string of the molecule is Br.CCc1ccc2c(n1)C(=N)N(CC(=O)c1cc(CN(CCC(=O)O)C(C)=O)c(O)c(C(C)(C)C)c1)C2. The number of Topliss-reactive ketones (excluding diaryl/α,β-unsaturated/α-hetero) is 1. The van der Waals surface area contributed by atoms with Crippen LogP contribution in [0.1, 0.15) is 79.5 Å². The third kappa shape index (κ3) is 6.94. The number of ketones is 1. The lowest BCUT2D eigenvalue weighted by molar-refractivity contribution is -0.138. The van der Waals surface area contributed by atoms with Crippen molar-refractivity contribution in [2.75, 3.05) is 13.1 Å². The second kappa shape index (κ2) is 11.9. The zero-order valence-corrected chi connectivity index (χ0v) is 23.6. The summed E-state index contributed by atoms with van der Waals surface area (Å²) in [4.78, 5) is 44.1. The molecule has 0 fully saturated rings. The first-order valence-electron chi connectivity index (χ1n) is 12.0. The lowest BCUT2D eigenvalue weighted by atomic mass is 9.83. The lowest BCUT2D eigenvalue weighted by Gasteiger charge is -2.26. The maximum absolute atomic E-state index is 13.4. The number of aromatic hydroxyl groups is 1. The monoisotopic (exact) mass is 574 g/mol. The van der Waals surface area contributed by atoms with Crippen molar-refractivity contribution in [3.8, 4) is 5.75 Å². The molecule has 0 bridgehead atoms. The molecule has 1 aromatic heterocycles. The first-order valence-corrected chi connectivity index (χ1v) is 12.0. The highest BCUT2D eigenvalue weighted by Gasteiger charge is 2.29. The highest BCUT2D eigenvalue weighted by atomic mass is 79.9. The predicted octanol–water partition coefficient (Wildman–Crippen LogP) is 4.07. The van der Waals surface area contributed by atoms with Crippen LogP contribution in [0.5, 0.6) is 5.75 Å². The predicted molar refractivity (Wildman–Crippen MR) is 146 cm³/mol. The summed E-state index contributed by atoms with van der Waals surface area (Å²) in [7, 11) is 0. The molecule has 1 aromatic carbocycles. The molecule has 0 unspecified atom stereocenters. The number of rotatable bonds is 9. The molecule has 1 aliphatic rings. The van der Waals surface area contributed by atoms with Crippen LogP contribution in [0.25, 0.3) is 0 Å². The molecular formula is C27H35BrN4O5. The number of carboxylic acid groups (broad SMARTS) is 1. The van der Waals surface area contributed by atoms with E-state index in [1.807, 2.05) is 39.8 Å². The van der Waals surface area contributed by atoms with E-state index in [4.69, 9.17) is 10.5 Å². The van der Waals surface area contributed by atoms with Crippen molar-refractivity contribution in [1.29, 1.82) is 5.41 Å². The average molecular weight is 576 g/mol. The zero-order chi connectivity index (χ0) is 26.8. The van der Waals surface area contributed by atoms with Gasteiger partial charge in [-0.2, -0.15) is 0 Å². The largest absolute Gasteiger partial charge is 0.507 e. The Morgan fingerprint density at radius 1 is 1.19 bits per heavy atom. The lowest BCUT2D eigenvalue weighted by Crippen LogP contribution is -2.32. The van der Waals surface area contributed by atoms with Crippen molar-refractivity contribution >= 4 is 40.5 Å². The summed E-state index contributed by atoms with van der Waals surface area (Å²) in [5.41, 5.74) is 3.19. The van der Waals surface area contributed by atoms with Gasteiger partial charge in [-0.15, -0.1) is 17.0 Å². The molecule has 2 heterocycles. The van der Waals surface area contributed by atoms with E-state index in [0.717, 1.165) is 17.7 Å². The van der Waals surface area contributed by atoms with Gasteiger partial charge in [-0.3, -0.25) is 19.8 Å². The van der Waals surface area contributed by atoms with E-state index in [9.17, 15) is 19.5 Å². The molecule has 3 rings (SSSR count). The van der Waals surface area contributed by atoms with Crippen LogP contribution in [-0.2, 0) is 34.5 Å². The van der Waals surface area contributed by atoms with Crippen LogP contribution < -0.4 is 0 Å². The number of amides is 1. The maximum atomic E-state index is 13.4. The van der Waals surface area contributed by atoms with E-state index in [2.05, 4.69) is 4.98 Å². The number of nitrogens with zero attached hydrogens (tertiary/aromatic N) is 3. The Morgan fingerprint density at radius 2 is 1.86 bits per heavy atom. The van der Waals surface area contributed by atoms with Crippen LogP contribution in [0.15, 0.2) is 24.3 Å². The van der Waals surface area contributed by atoms with Gasteiger partial charge in [0.1, 0.15) is 17.3 Å². The number of aromatic nitrogens is 1. The number of nitrogens with one attached hydrogen (secondary N) is 1. The summed E-state index contributed by atoms with van der Waals surface area (Å²) in [5, 5.41) is 28.6. The van der Waals surface area contributed by atoms with Crippen LogP contribution in [-0.4, -0.2) is 61.6 Å². The molecule has 9 nitrogen and oxygen atoms in total. The number of pyridine rings is 1. The smallest absolute Gasteiger partial charge is 0.305 e. The topological polar surface area (TPSA) is 135 Å². The zero-order valence-electron chi connectivity index (χ0n) is 21.9. The number of fused-ring (bicyclic) bond motifs is 1. The van der Waals surface area contributed by atoms with Gasteiger partial charge in [-0.05, 0) is 30.0 Å². The van der Waals surface area contributed by atoms with Crippen molar-refractivity contribution < 1.29 is 24.6 Å². The molecule has 1 amide bonds. The molecule has 37 heavy (non-hydrogen) atoms. The van der Waals surface area contributed by atoms with E-state index in [-0.39, 0.29) is 66.3 Å². The minimum atomic E-state index is -1.03. The molecule has 0 saturated heterocycles. The van der Waals surface area contributed by atoms with Gasteiger partial charge >= 0.3 is 5.97 Å². The number of amidine groups is 1. The summed E-state index contributed by atoms with van der Waals surface area (Å²) in [6.45, 7) is 9.44. The summed E-state index contributed by atoms with van der Waals surface area (Å²) >= 11 is 0. The fourth-order valence-electron chi connectivity index (χ4n) is 4.22. The van der Waals surface area contributed by atoms with Crippen LogP contribution in [0, 0.1) is 5.41 Å². The summed E-state index contributed by atoms with van der Waals surface area (Å²) in [6, 6.07) is 7.11. The van der Waals surface area contributed by atoms with Crippen molar-refractivity contribution in [2.24, 2.45) is 0 Å². The number of hydrogen-bond acceptors (Lipinski definition) is 6. The van der Waals surface area contributed by atoms with Gasteiger partial charge in [0.25, 0.3) is 0 Å². The fraction of sp³-hybridized carbons (Fsp3) is 0.444. The normalized spacial score (nSPS) is 12.7. The van der Waals surface area contributed by atoms with Gasteiger partial charge < -0.3 is 20.0 Å². The van der Waals surface area contributed by atoms with Gasteiger partial charge in [0, 0.05) is 54.5 Å². The molecule has 200 valence electrons. The van der Waals surface area contributed by atoms with E-state index in [0.29, 0.717) is 28.9 Å². The molecule has 1 aliphatic heterocycles. The fourth-order valence-corrected chi connectivity index (χ4v) is 4.22. The number of phenols is 1. The number of halogens is 1. The average Bonchev–Trinajstić information content (AvgIpc) is 3.10. The number of carboxylic acids is 1. The van der Waals surface area contributed by atoms with Crippen molar-refractivity contribution in [2.45, 2.75) is 66.0 Å². The second-order valence-electron chi connectivity index (χ2n) is 10.2. The van der Waals surface area contributed by atoms with Crippen LogP contribution in [0.4, 0.5) is 0 Å². The summed E-state index contributed by atoms with van der Waals surface area (Å²) in [6.07, 6.45) is 0.533. The Bertz CT molecular complexity index is 1220. The standard InChI is InChI=1S/C27H34N4O5.BrH/c1-6-20-8-7-17-13-31(26(28)24(17)29-20)15-22(33)18-11-19(25(36)21(12-18)27(3,4)5)14-30(16(2)32)10-9-23(34)35;/h7-8,11-12,28,36H,6,9-10,13-15H2,1-5H3,(H,34,35);1H. The van der Waals surface area contributed by atoms with E-state index >= 15 is 0 Å². The van der Waals surface area contributed by atoms with Gasteiger partial charge in [-0.1, -0.05) is 33.8 Å². The number of carbonyl (C=O) groups excluding carboxylic acids is 2. The molecule has 2 aromatic rings. The van der Waals surface area contributed by atoms with Crippen molar-refractivity contribution in [1.82, 2.24) is 14.8 Å². The third-order valence-electron chi connectivity index (χ3n) is 6.36. The van der Waals surface area contributed by atoms with E-state index < -0.39 is 11.4 Å². The van der Waals surface area contributed by atoms with Crippen LogP contribution in [0.2, 0.25) is 0 Å². The Balaban J connectivity index is 0.00000481. The number of hydrogen-bond donors (Lipinski definition) is 3. The molecule has 0 radical (unpaired) electrons. The van der Waals surface area contributed by atoms with Crippen LogP contribution in [0.3, 0.4) is 0 Å². The summed E-state index contributed by atoms with van der Waals surface area (Å²) < 4.78 is 0. The van der Waals surface area contributed by atoms with E-state index in [1.165, 1.54) is 11.8 Å². The minimum absolute atomic E-state index is 0. The van der Waals surface area contributed by atoms with Gasteiger partial charge in [0.15, 0.2) is 5.78 Å². The van der Waals surface area contributed by atoms with Crippen molar-refractivity contribution in [3.63, 3.8) is 0 Å². The Hall–Kier alpha value is -3.27. The van der Waals surface area contributed by atoms with Gasteiger partial charge in [0.05, 0.1) is 13.0 Å². The van der Waals surface area contributed by atoms with E-state index in [1.54, 1.807) is 17.0 Å². The van der Waals surface area contributed by atoms with Gasteiger partial charge in [-0.25, -0.2) is 4.98 Å². The molecule has 10 heteroatoms. The van der Waals surface area contributed by atoms with Crippen LogP contribution >= 0.6 is 17.0 Å². The molecule has 0 saturated carbocycles. The molecule has 0 aliphatic carbocycles. The van der Waals surface area contributed by atoms with Crippen molar-refractivity contribution in [3.05, 3.63) is 57.9 Å². The Labute approximate surface area is 227 Å². The molecule has 3 N–H and O–H groups in total. The number of aliphatic carboxylic acids is 1. The third-order valence-corrected chi connectivity index (χ3v) is 6.36. The highest BCUT2D eigenvalue weighted by molar-refractivity contribution is 8.93. The Morgan fingerprint density at radius 3 is 2.43 bits per heavy atom. The summed E-state index contributed by atoms with van der Waals surface area (Å²) in [5.74, 6) is -1.39. The Kier molecular flexibility index (Phi) is 9.60. The number of carbonyl (C=O) groups is 3. The molecule has 0 spiro atoms. The first kappa shape index (κ1) is 30.0. The maximum Gasteiger partial charge on any atom is 0.305 e. The highest BCUT2D eigenvalue weighted by Crippen LogP contribution is 2.35. The number of phenolic OH excluding ortho intramolecular Hbond substituents is 1. The molecule has 0 atom stereocenters. The van der Waals surface area contributed by atoms with Gasteiger partial charge in [0.2, 0.25) is 5.91 Å². The molecular weight excluding hydrogens is 540 g/mol.